The van der Waals surface area contributed by atoms with Crippen molar-refractivity contribution in [3.8, 4) is 11.6 Å². The Morgan fingerprint density at radius 3 is 2.67 bits per heavy atom. The molecule has 0 radical (unpaired) electrons. The minimum absolute atomic E-state index is 0.0582. The molecule has 0 spiro atoms. The van der Waals surface area contributed by atoms with E-state index in [1.165, 1.54) is 24.5 Å². The summed E-state index contributed by atoms with van der Waals surface area (Å²) in [6.07, 6.45) is -1.68. The summed E-state index contributed by atoms with van der Waals surface area (Å²) < 4.78 is 43.0. The molecule has 7 heteroatoms. The summed E-state index contributed by atoms with van der Waals surface area (Å²) in [4.78, 5) is 6.50. The van der Waals surface area contributed by atoms with Gasteiger partial charge in [0.25, 0.3) is 0 Å². The van der Waals surface area contributed by atoms with Crippen LogP contribution >= 0.6 is 12.2 Å². The Bertz CT molecular complexity index is 589. The van der Waals surface area contributed by atoms with Gasteiger partial charge in [0.2, 0.25) is 5.88 Å². The second-order valence-corrected chi connectivity index (χ2v) is 3.82. The summed E-state index contributed by atoms with van der Waals surface area (Å²) in [6.45, 7) is 0. The highest BCUT2D eigenvalue weighted by Crippen LogP contribution is 2.32. The molecular weight excluding hydrogens is 265 g/mol. The van der Waals surface area contributed by atoms with E-state index in [1.54, 1.807) is 0 Å². The third-order valence-corrected chi connectivity index (χ3v) is 2.25. The third-order valence-electron chi connectivity index (χ3n) is 2.03. The largest absolute Gasteiger partial charge is 0.438 e. The Hall–Kier alpha value is -1.89. The fraction of sp³-hybridized carbons (Fsp3) is 0.0909. The van der Waals surface area contributed by atoms with Gasteiger partial charge in [0, 0.05) is 0 Å². The second kappa shape index (κ2) is 4.77. The lowest BCUT2D eigenvalue weighted by Crippen LogP contribution is -2.04. The molecule has 1 aromatic heterocycles. The number of ether oxygens (including phenoxy) is 1. The van der Waals surface area contributed by atoms with E-state index in [2.05, 4.69) is 9.97 Å². The molecular formula is C11H7F3N2OS. The van der Waals surface area contributed by atoms with Gasteiger partial charge in [-0.1, -0.05) is 18.3 Å². The summed E-state index contributed by atoms with van der Waals surface area (Å²) in [6, 6.07) is 4.56. The van der Waals surface area contributed by atoms with E-state index in [-0.39, 0.29) is 11.6 Å². The predicted molar refractivity (Wildman–Crippen MR) is 60.9 cm³/mol. The van der Waals surface area contributed by atoms with E-state index in [4.69, 9.17) is 17.0 Å². The number of alkyl halides is 3. The van der Waals surface area contributed by atoms with E-state index in [9.17, 15) is 13.2 Å². The van der Waals surface area contributed by atoms with Gasteiger partial charge in [0.05, 0.1) is 18.0 Å². The van der Waals surface area contributed by atoms with Crippen LogP contribution in [0.2, 0.25) is 0 Å². The Balaban J connectivity index is 2.24. The van der Waals surface area contributed by atoms with Crippen molar-refractivity contribution >= 4 is 12.2 Å². The summed E-state index contributed by atoms with van der Waals surface area (Å²) >= 11 is 4.78. The van der Waals surface area contributed by atoms with Crippen LogP contribution in [-0.4, -0.2) is 9.97 Å². The zero-order valence-corrected chi connectivity index (χ0v) is 9.68. The molecule has 0 fully saturated rings. The van der Waals surface area contributed by atoms with Crippen LogP contribution in [0.25, 0.3) is 0 Å². The molecule has 0 saturated carbocycles. The maximum absolute atomic E-state index is 12.5. The number of H-pyrrole nitrogens is 1. The standard InChI is InChI=1S/C11H7F3N2OS/c12-11(13,14)7-2-1-3-8(4-7)17-9-5-16-10(18)6-15-9/h1-6H,(H,16,18). The predicted octanol–water partition coefficient (Wildman–Crippen LogP) is 3.95. The molecule has 0 aliphatic rings. The molecule has 2 aromatic rings. The Morgan fingerprint density at radius 2 is 2.06 bits per heavy atom. The molecule has 0 atom stereocenters. The molecule has 0 bridgehead atoms. The maximum Gasteiger partial charge on any atom is 0.416 e. The van der Waals surface area contributed by atoms with Crippen LogP contribution in [0.15, 0.2) is 36.7 Å². The zero-order valence-electron chi connectivity index (χ0n) is 8.86. The monoisotopic (exact) mass is 272 g/mol. The molecule has 94 valence electrons. The van der Waals surface area contributed by atoms with Gasteiger partial charge in [-0.3, -0.25) is 0 Å². The smallest absolute Gasteiger partial charge is 0.416 e. The van der Waals surface area contributed by atoms with Crippen LogP contribution in [0.5, 0.6) is 11.6 Å². The molecule has 3 nitrogen and oxygen atoms in total. The Labute approximate surface area is 105 Å². The van der Waals surface area contributed by atoms with Gasteiger partial charge in [-0.25, -0.2) is 4.98 Å². The summed E-state index contributed by atoms with van der Waals surface area (Å²) in [5, 5.41) is 0. The Morgan fingerprint density at radius 1 is 1.28 bits per heavy atom. The number of hydrogen-bond acceptors (Lipinski definition) is 3. The average Bonchev–Trinajstić information content (AvgIpc) is 2.31. The topological polar surface area (TPSA) is 37.9 Å². The van der Waals surface area contributed by atoms with Crippen molar-refractivity contribution < 1.29 is 17.9 Å². The van der Waals surface area contributed by atoms with Crippen molar-refractivity contribution in [3.05, 3.63) is 46.9 Å². The van der Waals surface area contributed by atoms with Crippen LogP contribution < -0.4 is 4.74 Å². The molecule has 1 N–H and O–H groups in total. The van der Waals surface area contributed by atoms with Crippen LogP contribution in [0.1, 0.15) is 5.56 Å². The second-order valence-electron chi connectivity index (χ2n) is 3.38. The fourth-order valence-electron chi connectivity index (χ4n) is 1.24. The van der Waals surface area contributed by atoms with E-state index >= 15 is 0 Å². The van der Waals surface area contributed by atoms with E-state index in [0.29, 0.717) is 4.64 Å². The van der Waals surface area contributed by atoms with E-state index in [0.717, 1.165) is 12.1 Å². The SMILES string of the molecule is FC(F)(F)c1cccc(Oc2c[nH]c(=S)cn2)c1. The molecule has 0 aliphatic heterocycles. The van der Waals surface area contributed by atoms with Crippen LogP contribution in [0.3, 0.4) is 0 Å². The number of nitrogens with one attached hydrogen (secondary N) is 1. The van der Waals surface area contributed by atoms with Gasteiger partial charge in [-0.2, -0.15) is 13.2 Å². The number of aromatic nitrogens is 2. The van der Waals surface area contributed by atoms with Crippen molar-refractivity contribution in [2.75, 3.05) is 0 Å². The summed E-state index contributed by atoms with van der Waals surface area (Å²) in [5.74, 6) is 0.200. The third kappa shape index (κ3) is 3.07. The fourth-order valence-corrected chi connectivity index (χ4v) is 1.35. The minimum Gasteiger partial charge on any atom is -0.438 e. The van der Waals surface area contributed by atoms with Crippen molar-refractivity contribution in [3.63, 3.8) is 0 Å². The number of halogens is 3. The summed E-state index contributed by atoms with van der Waals surface area (Å²) in [7, 11) is 0. The highest BCUT2D eigenvalue weighted by molar-refractivity contribution is 7.71. The number of rotatable bonds is 2. The van der Waals surface area contributed by atoms with Crippen LogP contribution in [-0.2, 0) is 6.18 Å². The lowest BCUT2D eigenvalue weighted by molar-refractivity contribution is -0.137. The van der Waals surface area contributed by atoms with Gasteiger partial charge in [0.15, 0.2) is 0 Å². The molecule has 0 aliphatic carbocycles. The summed E-state index contributed by atoms with van der Waals surface area (Å²) in [5.41, 5.74) is -0.774. The van der Waals surface area contributed by atoms with Crippen LogP contribution in [0, 0.1) is 4.64 Å². The van der Waals surface area contributed by atoms with Crippen molar-refractivity contribution in [1.82, 2.24) is 9.97 Å². The zero-order chi connectivity index (χ0) is 13.2. The first-order valence-electron chi connectivity index (χ1n) is 4.85. The quantitative estimate of drug-likeness (QED) is 0.841. The molecule has 2 rings (SSSR count). The number of hydrogen-bond donors (Lipinski definition) is 1. The molecule has 1 heterocycles. The molecule has 1 aromatic carbocycles. The molecule has 0 amide bonds. The van der Waals surface area contributed by atoms with Crippen LogP contribution in [0.4, 0.5) is 13.2 Å². The first kappa shape index (κ1) is 12.6. The van der Waals surface area contributed by atoms with Gasteiger partial charge in [0.1, 0.15) is 10.4 Å². The lowest BCUT2D eigenvalue weighted by atomic mass is 10.2. The number of benzene rings is 1. The highest BCUT2D eigenvalue weighted by atomic mass is 32.1. The normalized spacial score (nSPS) is 11.3. The van der Waals surface area contributed by atoms with Gasteiger partial charge in [-0.05, 0) is 18.2 Å². The van der Waals surface area contributed by atoms with Crippen molar-refractivity contribution in [2.24, 2.45) is 0 Å². The average molecular weight is 272 g/mol. The molecule has 18 heavy (non-hydrogen) atoms. The lowest BCUT2D eigenvalue weighted by Gasteiger charge is -2.09. The van der Waals surface area contributed by atoms with Crippen molar-refractivity contribution in [2.45, 2.75) is 6.18 Å². The van der Waals surface area contributed by atoms with Gasteiger partial charge < -0.3 is 9.72 Å². The first-order valence-corrected chi connectivity index (χ1v) is 5.26. The minimum atomic E-state index is -4.40. The molecule has 0 saturated heterocycles. The number of aromatic amines is 1. The number of nitrogens with zero attached hydrogens (tertiary/aromatic N) is 1. The van der Waals surface area contributed by atoms with Gasteiger partial charge in [-0.15, -0.1) is 0 Å². The first-order chi connectivity index (χ1) is 8.45. The van der Waals surface area contributed by atoms with E-state index in [1.807, 2.05) is 0 Å². The molecule has 0 unspecified atom stereocenters. The van der Waals surface area contributed by atoms with Crippen molar-refractivity contribution in [1.29, 1.82) is 0 Å². The van der Waals surface area contributed by atoms with Gasteiger partial charge >= 0.3 is 6.18 Å². The van der Waals surface area contributed by atoms with E-state index < -0.39 is 11.7 Å². The highest BCUT2D eigenvalue weighted by Gasteiger charge is 2.30. The maximum atomic E-state index is 12.5. The Kier molecular flexibility index (Phi) is 3.33.